The van der Waals surface area contributed by atoms with Crippen LogP contribution >= 0.6 is 11.6 Å². The number of hydrogen-bond donors (Lipinski definition) is 2. The first-order valence-electron chi connectivity index (χ1n) is 8.65. The van der Waals surface area contributed by atoms with Gasteiger partial charge < -0.3 is 10.3 Å². The number of piperazine rings is 1. The number of hydrogen-bond acceptors (Lipinski definition) is 7. The quantitative estimate of drug-likeness (QED) is 0.815. The largest absolute Gasteiger partial charge is 0.304 e. The second-order valence-electron chi connectivity index (χ2n) is 6.51. The summed E-state index contributed by atoms with van der Waals surface area (Å²) in [7, 11) is 2.11. The molecule has 1 aromatic carbocycles. The standard InChI is InChI=1S/C17H20ClFN8/c1-25-4-6-26(7-5-25)24-16-9-15-17(20-10-22-27(15)11-21-16)23-12-2-3-14(19)13(18)8-12/h2-3,8-11,15,24H,4-7H2,1H3,(H,20,22,23). The molecule has 1 saturated heterocycles. The molecule has 0 aliphatic carbocycles. The van der Waals surface area contributed by atoms with Gasteiger partial charge in [0.2, 0.25) is 0 Å². The van der Waals surface area contributed by atoms with E-state index < -0.39 is 5.82 Å². The normalized spacial score (nSPS) is 24.6. The van der Waals surface area contributed by atoms with Crippen LogP contribution < -0.4 is 10.9 Å². The van der Waals surface area contributed by atoms with Gasteiger partial charge >= 0.3 is 0 Å². The number of nitrogens with one attached hydrogen (secondary N) is 2. The molecule has 142 valence electrons. The highest BCUT2D eigenvalue weighted by Gasteiger charge is 2.27. The van der Waals surface area contributed by atoms with Gasteiger partial charge in [-0.25, -0.2) is 24.4 Å². The Morgan fingerprint density at radius 3 is 2.85 bits per heavy atom. The first kappa shape index (κ1) is 17.9. The number of nitrogens with zero attached hydrogens (tertiary/aromatic N) is 6. The zero-order valence-electron chi connectivity index (χ0n) is 14.8. The first-order valence-corrected chi connectivity index (χ1v) is 9.03. The third-order valence-electron chi connectivity index (χ3n) is 4.53. The first-order chi connectivity index (χ1) is 13.1. The summed E-state index contributed by atoms with van der Waals surface area (Å²) >= 11 is 5.85. The maximum atomic E-state index is 13.4. The molecule has 3 heterocycles. The van der Waals surface area contributed by atoms with Crippen molar-refractivity contribution < 1.29 is 4.39 Å². The molecule has 27 heavy (non-hydrogen) atoms. The Hall–Kier alpha value is -2.49. The third kappa shape index (κ3) is 4.10. The van der Waals surface area contributed by atoms with E-state index in [0.717, 1.165) is 32.0 Å². The molecule has 3 aliphatic heterocycles. The van der Waals surface area contributed by atoms with Crippen molar-refractivity contribution in [3.63, 3.8) is 0 Å². The van der Waals surface area contributed by atoms with Crippen molar-refractivity contribution in [1.82, 2.24) is 25.8 Å². The van der Waals surface area contributed by atoms with Crippen molar-refractivity contribution in [2.75, 3.05) is 33.2 Å². The number of benzene rings is 1. The van der Waals surface area contributed by atoms with E-state index in [1.807, 2.05) is 6.08 Å². The summed E-state index contributed by atoms with van der Waals surface area (Å²) in [5.41, 5.74) is 6.91. The second-order valence-corrected chi connectivity index (χ2v) is 6.91. The molecule has 0 amide bonds. The van der Waals surface area contributed by atoms with Crippen molar-refractivity contribution in [1.29, 1.82) is 0 Å². The fourth-order valence-corrected chi connectivity index (χ4v) is 3.12. The van der Waals surface area contributed by atoms with Crippen LogP contribution in [0, 0.1) is 5.82 Å². The molecule has 1 aromatic rings. The van der Waals surface area contributed by atoms with Crippen molar-refractivity contribution in [2.45, 2.75) is 6.04 Å². The number of rotatable bonds is 3. The number of fused-ring (bicyclic) bond motifs is 1. The molecule has 3 aliphatic rings. The number of hydrazine groups is 2. The van der Waals surface area contributed by atoms with Gasteiger partial charge in [-0.05, 0) is 31.3 Å². The molecule has 8 nitrogen and oxygen atoms in total. The number of halogens is 2. The van der Waals surface area contributed by atoms with Gasteiger partial charge in [-0.1, -0.05) is 11.6 Å². The van der Waals surface area contributed by atoms with E-state index in [2.05, 4.69) is 42.8 Å². The maximum absolute atomic E-state index is 13.4. The van der Waals surface area contributed by atoms with Crippen LogP contribution in [-0.4, -0.2) is 72.7 Å². The Kier molecular flexibility index (Phi) is 5.06. The van der Waals surface area contributed by atoms with Crippen LogP contribution in [0.1, 0.15) is 0 Å². The average molecular weight is 391 g/mol. The molecule has 0 spiro atoms. The van der Waals surface area contributed by atoms with Gasteiger partial charge in [-0.15, -0.1) is 0 Å². The molecular weight excluding hydrogens is 371 g/mol. The van der Waals surface area contributed by atoms with Crippen molar-refractivity contribution in [3.05, 3.63) is 40.9 Å². The van der Waals surface area contributed by atoms with Gasteiger partial charge in [0, 0.05) is 26.2 Å². The minimum absolute atomic E-state index is 0.0322. The van der Waals surface area contributed by atoms with Crippen molar-refractivity contribution in [3.8, 4) is 0 Å². The van der Waals surface area contributed by atoms with Crippen LogP contribution in [-0.2, 0) is 0 Å². The van der Waals surface area contributed by atoms with E-state index in [0.29, 0.717) is 11.5 Å². The van der Waals surface area contributed by atoms with Crippen LogP contribution in [0.25, 0.3) is 0 Å². The number of amidine groups is 1. The summed E-state index contributed by atoms with van der Waals surface area (Å²) < 4.78 is 13.4. The van der Waals surface area contributed by atoms with Crippen LogP contribution in [0.4, 0.5) is 10.1 Å². The lowest BCUT2D eigenvalue weighted by Crippen LogP contribution is -2.54. The highest BCUT2D eigenvalue weighted by atomic mass is 35.5. The van der Waals surface area contributed by atoms with Crippen molar-refractivity contribution >= 4 is 35.8 Å². The molecule has 1 fully saturated rings. The molecule has 2 N–H and O–H groups in total. The molecular formula is C17H20ClFN8. The van der Waals surface area contributed by atoms with Gasteiger partial charge in [0.15, 0.2) is 5.84 Å². The van der Waals surface area contributed by atoms with E-state index >= 15 is 0 Å². The Morgan fingerprint density at radius 2 is 2.07 bits per heavy atom. The molecule has 0 radical (unpaired) electrons. The lowest BCUT2D eigenvalue weighted by atomic mass is 10.2. The second kappa shape index (κ2) is 7.63. The Bertz CT molecular complexity index is 828. The predicted octanol–water partition coefficient (Wildman–Crippen LogP) is 1.36. The smallest absolute Gasteiger partial charge is 0.159 e. The van der Waals surface area contributed by atoms with E-state index in [1.54, 1.807) is 23.8 Å². The lowest BCUT2D eigenvalue weighted by Gasteiger charge is -2.36. The third-order valence-corrected chi connectivity index (χ3v) is 4.82. The fourth-order valence-electron chi connectivity index (χ4n) is 2.95. The van der Waals surface area contributed by atoms with Crippen LogP contribution in [0.3, 0.4) is 0 Å². The monoisotopic (exact) mass is 390 g/mol. The molecule has 0 bridgehead atoms. The zero-order valence-corrected chi connectivity index (χ0v) is 15.6. The predicted molar refractivity (Wildman–Crippen MR) is 105 cm³/mol. The highest BCUT2D eigenvalue weighted by Crippen LogP contribution is 2.23. The van der Waals surface area contributed by atoms with Crippen LogP contribution in [0.5, 0.6) is 0 Å². The summed E-state index contributed by atoms with van der Waals surface area (Å²) in [6.07, 6.45) is 5.19. The molecule has 0 saturated carbocycles. The Labute approximate surface area is 161 Å². The maximum Gasteiger partial charge on any atom is 0.159 e. The number of likely N-dealkylation sites (N-methyl/N-ethyl adjacent to an activating group) is 1. The lowest BCUT2D eigenvalue weighted by molar-refractivity contribution is 0.117. The molecule has 4 rings (SSSR count). The fraction of sp³-hybridized carbons (Fsp3) is 0.353. The minimum atomic E-state index is -0.473. The molecule has 1 atom stereocenters. The topological polar surface area (TPSA) is 70.9 Å². The summed E-state index contributed by atoms with van der Waals surface area (Å²) in [4.78, 5) is 15.6. The molecule has 10 heteroatoms. The van der Waals surface area contributed by atoms with E-state index in [-0.39, 0.29) is 11.1 Å². The van der Waals surface area contributed by atoms with Crippen molar-refractivity contribution in [2.24, 2.45) is 15.0 Å². The van der Waals surface area contributed by atoms with Crippen LogP contribution in [0.2, 0.25) is 5.02 Å². The Morgan fingerprint density at radius 1 is 1.26 bits per heavy atom. The summed E-state index contributed by atoms with van der Waals surface area (Å²) in [6, 6.07) is 4.10. The average Bonchev–Trinajstić information content (AvgIpc) is 2.67. The van der Waals surface area contributed by atoms with Gasteiger partial charge in [-0.3, -0.25) is 10.4 Å². The minimum Gasteiger partial charge on any atom is -0.304 e. The zero-order chi connectivity index (χ0) is 18.8. The van der Waals surface area contributed by atoms with E-state index in [9.17, 15) is 4.39 Å². The van der Waals surface area contributed by atoms with E-state index in [4.69, 9.17) is 11.6 Å². The SMILES string of the molecule is CN1CCN(NC2=CC3C(=Nc4ccc(F)c(Cl)c4)N=CNN3C=N2)CC1. The van der Waals surface area contributed by atoms with Gasteiger partial charge in [0.25, 0.3) is 0 Å². The Balaban J connectivity index is 1.53. The summed E-state index contributed by atoms with van der Waals surface area (Å²) in [5.74, 6) is 0.823. The van der Waals surface area contributed by atoms with Gasteiger partial charge in [-0.2, -0.15) is 0 Å². The summed E-state index contributed by atoms with van der Waals surface area (Å²) in [5, 5.41) is 3.98. The molecule has 1 unspecified atom stereocenters. The van der Waals surface area contributed by atoms with Gasteiger partial charge in [0.05, 0.1) is 10.7 Å². The van der Waals surface area contributed by atoms with E-state index in [1.165, 1.54) is 12.1 Å². The molecule has 0 aromatic heterocycles. The van der Waals surface area contributed by atoms with Gasteiger partial charge in [0.1, 0.15) is 30.4 Å². The summed E-state index contributed by atoms with van der Waals surface area (Å²) in [6.45, 7) is 3.85. The van der Waals surface area contributed by atoms with Crippen LogP contribution in [0.15, 0.2) is 45.1 Å². The highest BCUT2D eigenvalue weighted by molar-refractivity contribution is 6.31. The number of aliphatic imine (C=N–C) groups is 3.